The van der Waals surface area contributed by atoms with Gasteiger partial charge in [-0.1, -0.05) is 0 Å². The molecule has 0 aliphatic heterocycles. The molecule has 1 aromatic carbocycles. The molecule has 0 atom stereocenters. The number of methoxy groups -OCH3 is 2. The van der Waals surface area contributed by atoms with Crippen molar-refractivity contribution in [2.45, 2.75) is 6.92 Å². The van der Waals surface area contributed by atoms with Gasteiger partial charge in [-0.3, -0.25) is 4.79 Å². The first-order valence-electron chi connectivity index (χ1n) is 6.86. The summed E-state index contributed by atoms with van der Waals surface area (Å²) < 4.78 is 10.2. The Balaban J connectivity index is 2.08. The lowest BCUT2D eigenvalue weighted by Crippen LogP contribution is -2.02. The first-order chi connectivity index (χ1) is 10.6. The molecule has 2 aromatic heterocycles. The quantitative estimate of drug-likeness (QED) is 0.751. The molecule has 5 nitrogen and oxygen atoms in total. The van der Waals surface area contributed by atoms with Gasteiger partial charge in [-0.05, 0) is 37.3 Å². The minimum absolute atomic E-state index is 0.0432. The SMILES string of the molecule is COc1ccc(C(=O)c2c(C)[nH]c3nc(OC)ccc23)cc1. The molecule has 0 aliphatic carbocycles. The summed E-state index contributed by atoms with van der Waals surface area (Å²) in [7, 11) is 3.16. The normalized spacial score (nSPS) is 10.7. The lowest BCUT2D eigenvalue weighted by atomic mass is 10.0. The van der Waals surface area contributed by atoms with Gasteiger partial charge in [0.1, 0.15) is 11.4 Å². The third-order valence-corrected chi connectivity index (χ3v) is 3.61. The van der Waals surface area contributed by atoms with Crippen LogP contribution in [0.2, 0.25) is 0 Å². The molecule has 5 heteroatoms. The van der Waals surface area contributed by atoms with Gasteiger partial charge >= 0.3 is 0 Å². The summed E-state index contributed by atoms with van der Waals surface area (Å²) in [6, 6.07) is 10.7. The third kappa shape index (κ3) is 2.30. The van der Waals surface area contributed by atoms with Crippen LogP contribution in [-0.4, -0.2) is 30.0 Å². The topological polar surface area (TPSA) is 64.2 Å². The van der Waals surface area contributed by atoms with E-state index in [1.54, 1.807) is 44.6 Å². The summed E-state index contributed by atoms with van der Waals surface area (Å²) in [5, 5.41) is 0.791. The predicted molar refractivity (Wildman–Crippen MR) is 83.8 cm³/mol. The number of benzene rings is 1. The van der Waals surface area contributed by atoms with Gasteiger partial charge in [-0.25, -0.2) is 0 Å². The Kier molecular flexibility index (Phi) is 3.55. The number of carbonyl (C=O) groups is 1. The fourth-order valence-electron chi connectivity index (χ4n) is 2.47. The fraction of sp³-hybridized carbons (Fsp3) is 0.176. The van der Waals surface area contributed by atoms with E-state index in [2.05, 4.69) is 9.97 Å². The zero-order chi connectivity index (χ0) is 15.7. The van der Waals surface area contributed by atoms with Crippen molar-refractivity contribution in [3.8, 4) is 11.6 Å². The molecule has 22 heavy (non-hydrogen) atoms. The number of aromatic amines is 1. The number of aromatic nitrogens is 2. The molecule has 0 spiro atoms. The number of nitrogens with zero attached hydrogens (tertiary/aromatic N) is 1. The van der Waals surface area contributed by atoms with Gasteiger partial charge in [-0.15, -0.1) is 0 Å². The van der Waals surface area contributed by atoms with Crippen molar-refractivity contribution in [3.05, 3.63) is 53.2 Å². The number of ketones is 1. The second-order valence-electron chi connectivity index (χ2n) is 4.93. The molecule has 2 heterocycles. The molecule has 0 aliphatic rings. The first kappa shape index (κ1) is 14.1. The zero-order valence-corrected chi connectivity index (χ0v) is 12.6. The fourth-order valence-corrected chi connectivity index (χ4v) is 2.47. The molecule has 1 N–H and O–H groups in total. The standard InChI is InChI=1S/C17H16N2O3/c1-10-15(13-8-9-14(22-3)19-17(13)18-10)16(20)11-4-6-12(21-2)7-5-11/h4-9H,1-3H3,(H,18,19). The monoisotopic (exact) mass is 296 g/mol. The second-order valence-corrected chi connectivity index (χ2v) is 4.93. The van der Waals surface area contributed by atoms with Crippen LogP contribution in [0.15, 0.2) is 36.4 Å². The minimum atomic E-state index is -0.0432. The van der Waals surface area contributed by atoms with Gasteiger partial charge in [0, 0.05) is 22.7 Å². The second kappa shape index (κ2) is 5.52. The van der Waals surface area contributed by atoms with Crippen molar-refractivity contribution in [3.63, 3.8) is 0 Å². The number of H-pyrrole nitrogens is 1. The van der Waals surface area contributed by atoms with Crippen LogP contribution in [0.5, 0.6) is 11.6 Å². The van der Waals surface area contributed by atoms with Crippen molar-refractivity contribution in [2.24, 2.45) is 0 Å². The van der Waals surface area contributed by atoms with Gasteiger partial charge in [0.15, 0.2) is 5.78 Å². The highest BCUT2D eigenvalue weighted by molar-refractivity contribution is 6.17. The predicted octanol–water partition coefficient (Wildman–Crippen LogP) is 3.12. The lowest BCUT2D eigenvalue weighted by molar-refractivity contribution is 0.103. The highest BCUT2D eigenvalue weighted by atomic mass is 16.5. The smallest absolute Gasteiger partial charge is 0.214 e. The van der Waals surface area contributed by atoms with Gasteiger partial charge in [0.2, 0.25) is 5.88 Å². The molecule has 112 valence electrons. The largest absolute Gasteiger partial charge is 0.497 e. The van der Waals surface area contributed by atoms with Crippen molar-refractivity contribution >= 4 is 16.8 Å². The van der Waals surface area contributed by atoms with Crippen molar-refractivity contribution in [1.29, 1.82) is 0 Å². The maximum Gasteiger partial charge on any atom is 0.214 e. The molecule has 0 saturated heterocycles. The summed E-state index contributed by atoms with van der Waals surface area (Å²) in [4.78, 5) is 20.2. The Morgan fingerprint density at radius 1 is 1.05 bits per heavy atom. The van der Waals surface area contributed by atoms with Crippen LogP contribution < -0.4 is 9.47 Å². The molecule has 0 amide bonds. The minimum Gasteiger partial charge on any atom is -0.497 e. The maximum absolute atomic E-state index is 12.8. The van der Waals surface area contributed by atoms with E-state index >= 15 is 0 Å². The number of aryl methyl sites for hydroxylation is 1. The van der Waals surface area contributed by atoms with Crippen molar-refractivity contribution < 1.29 is 14.3 Å². The average molecular weight is 296 g/mol. The number of hydrogen-bond donors (Lipinski definition) is 1. The molecule has 0 radical (unpaired) electrons. The molecule has 3 rings (SSSR count). The molecule has 0 bridgehead atoms. The van der Waals surface area contributed by atoms with E-state index in [9.17, 15) is 4.79 Å². The molecule has 0 saturated carbocycles. The van der Waals surface area contributed by atoms with E-state index in [1.807, 2.05) is 13.0 Å². The van der Waals surface area contributed by atoms with Crippen molar-refractivity contribution in [1.82, 2.24) is 9.97 Å². The molecule has 3 aromatic rings. The molecular formula is C17H16N2O3. The summed E-state index contributed by atoms with van der Waals surface area (Å²) >= 11 is 0. The number of hydrogen-bond acceptors (Lipinski definition) is 4. The molecular weight excluding hydrogens is 280 g/mol. The van der Waals surface area contributed by atoms with Crippen LogP contribution in [0, 0.1) is 6.92 Å². The van der Waals surface area contributed by atoms with E-state index in [0.29, 0.717) is 22.7 Å². The number of rotatable bonds is 4. The van der Waals surface area contributed by atoms with E-state index in [1.165, 1.54) is 0 Å². The summed E-state index contributed by atoms with van der Waals surface area (Å²) in [6.07, 6.45) is 0. The van der Waals surface area contributed by atoms with Gasteiger partial charge in [0.25, 0.3) is 0 Å². The zero-order valence-electron chi connectivity index (χ0n) is 12.6. The van der Waals surface area contributed by atoms with E-state index in [4.69, 9.17) is 9.47 Å². The highest BCUT2D eigenvalue weighted by Gasteiger charge is 2.18. The van der Waals surface area contributed by atoms with Gasteiger partial charge in [-0.2, -0.15) is 4.98 Å². The average Bonchev–Trinajstić information content (AvgIpc) is 2.89. The highest BCUT2D eigenvalue weighted by Crippen LogP contribution is 2.26. The third-order valence-electron chi connectivity index (χ3n) is 3.61. The van der Waals surface area contributed by atoms with Crippen LogP contribution in [-0.2, 0) is 0 Å². The number of fused-ring (bicyclic) bond motifs is 1. The summed E-state index contributed by atoms with van der Waals surface area (Å²) in [5.74, 6) is 1.19. The van der Waals surface area contributed by atoms with Crippen LogP contribution in [0.25, 0.3) is 11.0 Å². The van der Waals surface area contributed by atoms with Crippen LogP contribution in [0.1, 0.15) is 21.6 Å². The lowest BCUT2D eigenvalue weighted by Gasteiger charge is -2.04. The number of pyridine rings is 1. The Morgan fingerprint density at radius 3 is 2.41 bits per heavy atom. The first-order valence-corrected chi connectivity index (χ1v) is 6.86. The number of nitrogens with one attached hydrogen (secondary N) is 1. The Hall–Kier alpha value is -2.82. The Bertz CT molecular complexity index is 835. The number of ether oxygens (including phenoxy) is 2. The van der Waals surface area contributed by atoms with Crippen LogP contribution >= 0.6 is 0 Å². The van der Waals surface area contributed by atoms with Gasteiger partial charge in [0.05, 0.1) is 19.8 Å². The summed E-state index contributed by atoms with van der Waals surface area (Å²) in [5.41, 5.74) is 2.68. The Morgan fingerprint density at radius 2 is 1.77 bits per heavy atom. The van der Waals surface area contributed by atoms with E-state index in [0.717, 1.165) is 16.8 Å². The van der Waals surface area contributed by atoms with Crippen molar-refractivity contribution in [2.75, 3.05) is 14.2 Å². The van der Waals surface area contributed by atoms with Crippen LogP contribution in [0.3, 0.4) is 0 Å². The van der Waals surface area contributed by atoms with Crippen LogP contribution in [0.4, 0.5) is 0 Å². The van der Waals surface area contributed by atoms with E-state index < -0.39 is 0 Å². The summed E-state index contributed by atoms with van der Waals surface area (Å²) in [6.45, 7) is 1.87. The number of carbonyl (C=O) groups excluding carboxylic acids is 1. The Labute approximate surface area is 127 Å². The maximum atomic E-state index is 12.8. The molecule has 0 unspecified atom stereocenters. The van der Waals surface area contributed by atoms with Gasteiger partial charge < -0.3 is 14.5 Å². The molecule has 0 fully saturated rings. The van der Waals surface area contributed by atoms with E-state index in [-0.39, 0.29) is 5.78 Å².